The van der Waals surface area contributed by atoms with E-state index in [9.17, 15) is 4.39 Å². The largest absolute Gasteiger partial charge is 0.326 e. The van der Waals surface area contributed by atoms with E-state index in [1.807, 2.05) is 30.0 Å². The zero-order chi connectivity index (χ0) is 19.3. The topological polar surface area (TPSA) is 48.0 Å². The zero-order valence-corrected chi connectivity index (χ0v) is 16.4. The summed E-state index contributed by atoms with van der Waals surface area (Å²) in [4.78, 5) is 9.54. The van der Waals surface area contributed by atoms with Gasteiger partial charge in [-0.2, -0.15) is 5.10 Å². The van der Waals surface area contributed by atoms with Crippen LogP contribution in [0.3, 0.4) is 0 Å². The number of aryl methyl sites for hydroxylation is 3. The van der Waals surface area contributed by atoms with Crippen molar-refractivity contribution in [2.45, 2.75) is 46.5 Å². The molecule has 0 amide bonds. The second-order valence-electron chi connectivity index (χ2n) is 7.16. The van der Waals surface area contributed by atoms with Gasteiger partial charge in [0.1, 0.15) is 11.5 Å². The quantitative estimate of drug-likeness (QED) is 0.514. The first-order chi connectivity index (χ1) is 12.9. The van der Waals surface area contributed by atoms with Crippen LogP contribution in [0.1, 0.15) is 49.6 Å². The summed E-state index contributed by atoms with van der Waals surface area (Å²) >= 11 is 0. The average molecular weight is 365 g/mol. The first-order valence-corrected chi connectivity index (χ1v) is 9.43. The summed E-state index contributed by atoms with van der Waals surface area (Å²) in [7, 11) is 1.94. The SMILES string of the molecule is CCC(CC)c1cc(C)nn2c(-c3nc4cc(F)ccc4n3C)c(C)nc12. The van der Waals surface area contributed by atoms with Gasteiger partial charge in [-0.25, -0.2) is 18.9 Å². The third-order valence-electron chi connectivity index (χ3n) is 5.39. The third-order valence-corrected chi connectivity index (χ3v) is 5.39. The van der Waals surface area contributed by atoms with E-state index in [4.69, 9.17) is 15.1 Å². The number of benzene rings is 1. The molecule has 0 spiro atoms. The second kappa shape index (κ2) is 6.44. The van der Waals surface area contributed by atoms with E-state index in [0.717, 1.165) is 46.9 Å². The molecule has 4 aromatic rings. The van der Waals surface area contributed by atoms with E-state index >= 15 is 0 Å². The Morgan fingerprint density at radius 3 is 2.52 bits per heavy atom. The highest BCUT2D eigenvalue weighted by Gasteiger charge is 2.22. The van der Waals surface area contributed by atoms with Crippen molar-refractivity contribution in [1.82, 2.24) is 24.1 Å². The van der Waals surface area contributed by atoms with Crippen LogP contribution < -0.4 is 0 Å². The molecular weight excluding hydrogens is 341 g/mol. The Morgan fingerprint density at radius 1 is 1.07 bits per heavy atom. The molecule has 0 aliphatic carbocycles. The van der Waals surface area contributed by atoms with Crippen molar-refractivity contribution >= 4 is 16.7 Å². The molecule has 0 N–H and O–H groups in total. The van der Waals surface area contributed by atoms with Crippen LogP contribution in [-0.4, -0.2) is 24.1 Å². The van der Waals surface area contributed by atoms with Gasteiger partial charge in [-0.1, -0.05) is 13.8 Å². The molecule has 0 bridgehead atoms. The van der Waals surface area contributed by atoms with E-state index in [0.29, 0.717) is 11.4 Å². The molecule has 3 aromatic heterocycles. The van der Waals surface area contributed by atoms with Gasteiger partial charge in [-0.05, 0) is 50.8 Å². The van der Waals surface area contributed by atoms with Crippen molar-refractivity contribution < 1.29 is 4.39 Å². The standard InChI is InChI=1S/C21H24FN5/c1-6-14(7-2)16-10-12(3)25-27-19(13(4)23-20(16)27)21-24-17-11-15(22)8-9-18(17)26(21)5/h8-11,14H,6-7H2,1-5H3. The first kappa shape index (κ1) is 17.6. The highest BCUT2D eigenvalue weighted by molar-refractivity contribution is 5.81. The van der Waals surface area contributed by atoms with Crippen LogP contribution in [0, 0.1) is 19.7 Å². The fraction of sp³-hybridized carbons (Fsp3) is 0.381. The molecule has 0 fully saturated rings. The smallest absolute Gasteiger partial charge is 0.161 e. The van der Waals surface area contributed by atoms with Crippen LogP contribution >= 0.6 is 0 Å². The third kappa shape index (κ3) is 2.71. The van der Waals surface area contributed by atoms with Crippen molar-refractivity contribution in [3.63, 3.8) is 0 Å². The summed E-state index contributed by atoms with van der Waals surface area (Å²) in [6.07, 6.45) is 2.12. The molecule has 0 aliphatic heterocycles. The molecule has 0 radical (unpaired) electrons. The van der Waals surface area contributed by atoms with Crippen molar-refractivity contribution in [1.29, 1.82) is 0 Å². The fourth-order valence-electron chi connectivity index (χ4n) is 3.95. The lowest BCUT2D eigenvalue weighted by Crippen LogP contribution is -2.06. The zero-order valence-electron chi connectivity index (χ0n) is 16.4. The molecule has 0 saturated carbocycles. The maximum atomic E-state index is 13.6. The molecule has 4 rings (SSSR count). The summed E-state index contributed by atoms with van der Waals surface area (Å²) in [6.45, 7) is 8.40. The van der Waals surface area contributed by atoms with Gasteiger partial charge < -0.3 is 4.57 Å². The number of hydrogen-bond donors (Lipinski definition) is 0. The molecule has 5 nitrogen and oxygen atoms in total. The lowest BCUT2D eigenvalue weighted by Gasteiger charge is -2.14. The van der Waals surface area contributed by atoms with E-state index < -0.39 is 0 Å². The van der Waals surface area contributed by atoms with E-state index in [1.54, 1.807) is 6.07 Å². The molecule has 0 saturated heterocycles. The highest BCUT2D eigenvalue weighted by Crippen LogP contribution is 2.32. The highest BCUT2D eigenvalue weighted by atomic mass is 19.1. The summed E-state index contributed by atoms with van der Waals surface area (Å²) in [5, 5.41) is 4.74. The number of fused-ring (bicyclic) bond motifs is 2. The molecular formula is C21H24FN5. The molecule has 6 heteroatoms. The number of nitrogens with zero attached hydrogens (tertiary/aromatic N) is 5. The van der Waals surface area contributed by atoms with Crippen molar-refractivity contribution in [3.8, 4) is 11.5 Å². The minimum atomic E-state index is -0.285. The average Bonchev–Trinajstić information content (AvgIpc) is 3.12. The Bertz CT molecular complexity index is 1150. The van der Waals surface area contributed by atoms with Crippen LogP contribution in [0.25, 0.3) is 28.2 Å². The number of imidazole rings is 2. The molecule has 3 heterocycles. The Kier molecular flexibility index (Phi) is 4.21. The fourth-order valence-corrected chi connectivity index (χ4v) is 3.95. The molecule has 0 aliphatic rings. The van der Waals surface area contributed by atoms with Crippen molar-refractivity contribution in [2.24, 2.45) is 7.05 Å². The van der Waals surface area contributed by atoms with Crippen LogP contribution in [0.15, 0.2) is 24.3 Å². The Balaban J connectivity index is 2.03. The Labute approximate surface area is 157 Å². The van der Waals surface area contributed by atoms with Gasteiger partial charge in [0, 0.05) is 18.7 Å². The monoisotopic (exact) mass is 365 g/mol. The van der Waals surface area contributed by atoms with Gasteiger partial charge in [0.05, 0.1) is 22.4 Å². The van der Waals surface area contributed by atoms with Gasteiger partial charge in [0.15, 0.2) is 11.5 Å². The molecule has 140 valence electrons. The minimum absolute atomic E-state index is 0.285. The van der Waals surface area contributed by atoms with E-state index in [1.165, 1.54) is 17.7 Å². The summed E-state index contributed by atoms with van der Waals surface area (Å²) in [6, 6.07) is 6.83. The lowest BCUT2D eigenvalue weighted by molar-refractivity contribution is 0.629. The van der Waals surface area contributed by atoms with Crippen LogP contribution in [0.5, 0.6) is 0 Å². The summed E-state index contributed by atoms with van der Waals surface area (Å²) < 4.78 is 17.5. The van der Waals surface area contributed by atoms with Gasteiger partial charge in [-0.15, -0.1) is 0 Å². The number of rotatable bonds is 4. The van der Waals surface area contributed by atoms with Crippen LogP contribution in [-0.2, 0) is 7.05 Å². The van der Waals surface area contributed by atoms with Gasteiger partial charge in [-0.3, -0.25) is 0 Å². The number of aromatic nitrogens is 5. The lowest BCUT2D eigenvalue weighted by atomic mass is 9.95. The van der Waals surface area contributed by atoms with Gasteiger partial charge in [0.25, 0.3) is 0 Å². The summed E-state index contributed by atoms with van der Waals surface area (Å²) in [5.74, 6) is 0.902. The van der Waals surface area contributed by atoms with E-state index in [2.05, 4.69) is 19.9 Å². The first-order valence-electron chi connectivity index (χ1n) is 9.43. The summed E-state index contributed by atoms with van der Waals surface area (Å²) in [5.41, 5.74) is 6.32. The van der Waals surface area contributed by atoms with Crippen LogP contribution in [0.2, 0.25) is 0 Å². The Morgan fingerprint density at radius 2 is 1.81 bits per heavy atom. The van der Waals surface area contributed by atoms with Crippen LogP contribution in [0.4, 0.5) is 4.39 Å². The Hall–Kier alpha value is -2.76. The number of halogens is 1. The second-order valence-corrected chi connectivity index (χ2v) is 7.16. The molecule has 1 aromatic carbocycles. The minimum Gasteiger partial charge on any atom is -0.326 e. The molecule has 0 unspecified atom stereocenters. The van der Waals surface area contributed by atoms with Crippen molar-refractivity contribution in [2.75, 3.05) is 0 Å². The maximum absolute atomic E-state index is 13.6. The molecule has 27 heavy (non-hydrogen) atoms. The number of hydrogen-bond acceptors (Lipinski definition) is 3. The van der Waals surface area contributed by atoms with E-state index in [-0.39, 0.29) is 5.82 Å². The molecule has 0 atom stereocenters. The predicted molar refractivity (Wildman–Crippen MR) is 105 cm³/mol. The van der Waals surface area contributed by atoms with Gasteiger partial charge in [0.2, 0.25) is 0 Å². The maximum Gasteiger partial charge on any atom is 0.161 e. The predicted octanol–water partition coefficient (Wildman–Crippen LogP) is 4.94. The normalized spacial score (nSPS) is 12.0. The van der Waals surface area contributed by atoms with Crippen molar-refractivity contribution in [3.05, 3.63) is 47.0 Å². The van der Waals surface area contributed by atoms with Gasteiger partial charge >= 0.3 is 0 Å².